The zero-order valence-electron chi connectivity index (χ0n) is 21.7. The third kappa shape index (κ3) is 6.89. The van der Waals surface area contributed by atoms with Gasteiger partial charge in [-0.1, -0.05) is 6.07 Å². The van der Waals surface area contributed by atoms with Gasteiger partial charge >= 0.3 is 6.01 Å². The quantitative estimate of drug-likeness (QED) is 0.210. The second-order valence-corrected chi connectivity index (χ2v) is 9.46. The van der Waals surface area contributed by atoms with E-state index in [2.05, 4.69) is 15.0 Å². The number of halogens is 4. The zero-order valence-corrected chi connectivity index (χ0v) is 21.7. The molecule has 1 aliphatic heterocycles. The number of likely N-dealkylation sites (N-methyl/N-ethyl adjacent to an activating group) is 1. The van der Waals surface area contributed by atoms with Gasteiger partial charge in [0.25, 0.3) is 0 Å². The normalized spacial score (nSPS) is 15.2. The van der Waals surface area contributed by atoms with Gasteiger partial charge in [0.1, 0.15) is 35.6 Å². The molecule has 2 heterocycles. The van der Waals surface area contributed by atoms with Crippen molar-refractivity contribution in [1.29, 1.82) is 5.26 Å². The minimum Gasteiger partial charge on any atom is -0.458 e. The molecule has 0 spiro atoms. The fourth-order valence-electron chi connectivity index (χ4n) is 3.98. The highest BCUT2D eigenvalue weighted by atomic mass is 19.1. The van der Waals surface area contributed by atoms with Crippen LogP contribution in [0.4, 0.5) is 17.6 Å². The van der Waals surface area contributed by atoms with Crippen molar-refractivity contribution in [3.63, 3.8) is 0 Å². The average Bonchev–Trinajstić information content (AvgIpc) is 2.87. The molecular formula is C28H27F4N5O2. The first-order valence-electron chi connectivity index (χ1n) is 12.4. The van der Waals surface area contributed by atoms with Crippen molar-refractivity contribution in [2.24, 2.45) is 4.99 Å². The van der Waals surface area contributed by atoms with Crippen molar-refractivity contribution in [3.05, 3.63) is 76.5 Å². The largest absolute Gasteiger partial charge is 0.458 e. The number of aliphatic imine (C=N–C) groups is 1. The van der Waals surface area contributed by atoms with Crippen molar-refractivity contribution in [2.45, 2.75) is 45.4 Å². The lowest BCUT2D eigenvalue weighted by Crippen LogP contribution is -2.41. The molecule has 0 amide bonds. The molecule has 1 saturated heterocycles. The van der Waals surface area contributed by atoms with Crippen LogP contribution in [0.1, 0.15) is 37.0 Å². The molecule has 0 radical (unpaired) electrons. The molecule has 0 saturated carbocycles. The summed E-state index contributed by atoms with van der Waals surface area (Å²) in [7, 11) is 1.83. The maximum absolute atomic E-state index is 15.2. The summed E-state index contributed by atoms with van der Waals surface area (Å²) >= 11 is 0. The van der Waals surface area contributed by atoms with Gasteiger partial charge in [-0.15, -0.1) is 0 Å². The van der Waals surface area contributed by atoms with Gasteiger partial charge < -0.3 is 14.4 Å². The summed E-state index contributed by atoms with van der Waals surface area (Å²) in [5.41, 5.74) is -0.612. The van der Waals surface area contributed by atoms with Gasteiger partial charge in [-0.05, 0) is 50.1 Å². The first-order valence-corrected chi connectivity index (χ1v) is 12.4. The van der Waals surface area contributed by atoms with Crippen LogP contribution in [0.3, 0.4) is 0 Å². The molecular weight excluding hydrogens is 514 g/mol. The minimum atomic E-state index is -0.986. The van der Waals surface area contributed by atoms with Gasteiger partial charge in [0.15, 0.2) is 5.82 Å². The van der Waals surface area contributed by atoms with Crippen LogP contribution >= 0.6 is 0 Å². The molecule has 11 heteroatoms. The van der Waals surface area contributed by atoms with Gasteiger partial charge in [0.2, 0.25) is 0 Å². The van der Waals surface area contributed by atoms with Crippen molar-refractivity contribution in [2.75, 3.05) is 20.2 Å². The van der Waals surface area contributed by atoms with E-state index in [1.54, 1.807) is 0 Å². The highest BCUT2D eigenvalue weighted by Crippen LogP contribution is 2.28. The van der Waals surface area contributed by atoms with E-state index in [0.29, 0.717) is 19.0 Å². The number of hydrogen-bond donors (Lipinski definition) is 0. The number of ether oxygens (including phenoxy) is 2. The van der Waals surface area contributed by atoms with Gasteiger partial charge in [0.05, 0.1) is 23.9 Å². The van der Waals surface area contributed by atoms with E-state index in [4.69, 9.17) is 14.7 Å². The highest BCUT2D eigenvalue weighted by molar-refractivity contribution is 5.84. The molecule has 204 valence electrons. The third-order valence-electron chi connectivity index (χ3n) is 6.12. The van der Waals surface area contributed by atoms with Crippen LogP contribution < -0.4 is 4.74 Å². The van der Waals surface area contributed by atoms with Crippen LogP contribution in [-0.4, -0.2) is 53.0 Å². The zero-order chi connectivity index (χ0) is 28.1. The first-order chi connectivity index (χ1) is 18.6. The molecule has 1 fully saturated rings. The van der Waals surface area contributed by atoms with Crippen LogP contribution in [0.5, 0.6) is 6.01 Å². The Bertz CT molecular complexity index is 1420. The molecule has 0 aliphatic carbocycles. The predicted octanol–water partition coefficient (Wildman–Crippen LogP) is 5.22. The Balaban J connectivity index is 1.55. The summed E-state index contributed by atoms with van der Waals surface area (Å²) in [6.45, 7) is 4.74. The summed E-state index contributed by atoms with van der Waals surface area (Å²) in [4.78, 5) is 14.1. The Labute approximate surface area is 223 Å². The minimum absolute atomic E-state index is 0.0290. The van der Waals surface area contributed by atoms with E-state index in [1.165, 1.54) is 12.1 Å². The molecule has 7 nitrogen and oxygen atoms in total. The molecule has 2 aromatic carbocycles. The standard InChI is InChI=1S/C28H27F4N5O2/c1-16(2)35-26(37(3)14-20-6-7-38-20)10-19-9-24(31)21(11-23(19)30)27-25(32)13-34-28(36-27)39-15-18-5-4-17(12-33)8-22(18)29/h4-5,8-9,11,13,16,20H,6-7,10,14-15H2,1-3H3/t20-/m0/s1. The number of nitrogens with zero attached hydrogens (tertiary/aromatic N) is 5. The van der Waals surface area contributed by atoms with E-state index in [0.717, 1.165) is 30.8 Å². The third-order valence-corrected chi connectivity index (χ3v) is 6.12. The van der Waals surface area contributed by atoms with Crippen molar-refractivity contribution < 1.29 is 27.0 Å². The predicted molar refractivity (Wildman–Crippen MR) is 136 cm³/mol. The molecule has 1 atom stereocenters. The van der Waals surface area contributed by atoms with Crippen LogP contribution in [-0.2, 0) is 17.8 Å². The van der Waals surface area contributed by atoms with Gasteiger partial charge in [-0.25, -0.2) is 22.5 Å². The number of aromatic nitrogens is 2. The second-order valence-electron chi connectivity index (χ2n) is 9.46. The van der Waals surface area contributed by atoms with E-state index in [1.807, 2.05) is 31.9 Å². The van der Waals surface area contributed by atoms with Gasteiger partial charge in [-0.2, -0.15) is 10.2 Å². The summed E-state index contributed by atoms with van der Waals surface area (Å²) in [5.74, 6) is -2.73. The first kappa shape index (κ1) is 28.0. The Morgan fingerprint density at radius 1 is 1.13 bits per heavy atom. The van der Waals surface area contributed by atoms with E-state index >= 15 is 8.78 Å². The maximum Gasteiger partial charge on any atom is 0.317 e. The van der Waals surface area contributed by atoms with Crippen molar-refractivity contribution in [3.8, 4) is 23.3 Å². The molecule has 4 rings (SSSR count). The van der Waals surface area contributed by atoms with Gasteiger partial charge in [-0.3, -0.25) is 4.99 Å². The molecule has 1 aromatic heterocycles. The van der Waals surface area contributed by atoms with Crippen LogP contribution in [0.2, 0.25) is 0 Å². The highest BCUT2D eigenvalue weighted by Gasteiger charge is 2.23. The molecule has 0 N–H and O–H groups in total. The summed E-state index contributed by atoms with van der Waals surface area (Å²) in [6.07, 6.45) is 1.79. The number of benzene rings is 2. The van der Waals surface area contributed by atoms with Crippen LogP contribution in [0, 0.1) is 34.6 Å². The second kappa shape index (κ2) is 12.2. The number of rotatable bonds is 9. The lowest BCUT2D eigenvalue weighted by molar-refractivity contribution is -0.0570. The fraction of sp³-hybridized carbons (Fsp3) is 0.357. The molecule has 0 unspecified atom stereocenters. The van der Waals surface area contributed by atoms with Gasteiger partial charge in [0, 0.05) is 43.8 Å². The number of amidine groups is 1. The van der Waals surface area contributed by atoms with Crippen molar-refractivity contribution >= 4 is 5.84 Å². The van der Waals surface area contributed by atoms with Crippen molar-refractivity contribution in [1.82, 2.24) is 14.9 Å². The maximum atomic E-state index is 15.2. The lowest BCUT2D eigenvalue weighted by Gasteiger charge is -2.32. The summed E-state index contributed by atoms with van der Waals surface area (Å²) in [6, 6.07) is 7.10. The van der Waals surface area contributed by atoms with E-state index in [-0.39, 0.29) is 47.9 Å². The van der Waals surface area contributed by atoms with E-state index < -0.39 is 34.5 Å². The molecule has 1 aliphatic rings. The summed E-state index contributed by atoms with van der Waals surface area (Å²) in [5, 5.41) is 8.86. The lowest BCUT2D eigenvalue weighted by atomic mass is 10.0. The monoisotopic (exact) mass is 541 g/mol. The topological polar surface area (TPSA) is 83.6 Å². The van der Waals surface area contributed by atoms with E-state index in [9.17, 15) is 8.78 Å². The molecule has 3 aromatic rings. The smallest absolute Gasteiger partial charge is 0.317 e. The Hall–Kier alpha value is -4.04. The van der Waals surface area contributed by atoms with Crippen LogP contribution in [0.25, 0.3) is 11.3 Å². The SMILES string of the molecule is CC(C)N=C(Cc1cc(F)c(-c2nc(OCc3ccc(C#N)cc3F)ncc2F)cc1F)N(C)C[C@@H]1CCO1. The Morgan fingerprint density at radius 2 is 1.87 bits per heavy atom. The van der Waals surface area contributed by atoms with Crippen LogP contribution in [0.15, 0.2) is 41.5 Å². The number of nitriles is 1. The number of hydrogen-bond acceptors (Lipinski definition) is 6. The molecule has 0 bridgehead atoms. The Kier molecular flexibility index (Phi) is 8.76. The average molecular weight is 542 g/mol. The Morgan fingerprint density at radius 3 is 2.51 bits per heavy atom. The summed E-state index contributed by atoms with van der Waals surface area (Å²) < 4.78 is 70.0. The fourth-order valence-corrected chi connectivity index (χ4v) is 3.98. The molecule has 39 heavy (non-hydrogen) atoms.